The first-order chi connectivity index (χ1) is 23.1. The van der Waals surface area contributed by atoms with Gasteiger partial charge in [0.2, 0.25) is 0 Å². The van der Waals surface area contributed by atoms with Gasteiger partial charge in [0.25, 0.3) is 0 Å². The van der Waals surface area contributed by atoms with Crippen molar-refractivity contribution in [3.8, 4) is 33.9 Å². The smallest absolute Gasteiger partial charge is 0.435 e. The van der Waals surface area contributed by atoms with Crippen LogP contribution in [-0.2, 0) is 38.5 Å². The van der Waals surface area contributed by atoms with Crippen LogP contribution in [0.25, 0.3) is 22.4 Å². The number of hydrogen-bond donors (Lipinski definition) is 0. The minimum atomic E-state index is -4.84. The fraction of sp³-hybridized carbons (Fsp3) is 0.514. The van der Waals surface area contributed by atoms with Crippen LogP contribution in [0.3, 0.4) is 0 Å². The zero-order valence-corrected chi connectivity index (χ0v) is 29.4. The van der Waals surface area contributed by atoms with Gasteiger partial charge in [-0.3, -0.25) is 9.48 Å². The van der Waals surface area contributed by atoms with Gasteiger partial charge in [-0.2, -0.15) is 31.4 Å². The zero-order chi connectivity index (χ0) is 37.5. The number of ether oxygens (including phenoxy) is 4. The van der Waals surface area contributed by atoms with Gasteiger partial charge in [-0.1, -0.05) is 17.7 Å². The summed E-state index contributed by atoms with van der Waals surface area (Å²) in [6.45, 7) is 9.39. The Bertz CT molecular complexity index is 1630. The fourth-order valence-corrected chi connectivity index (χ4v) is 5.31. The highest BCUT2D eigenvalue weighted by atomic mass is 35.5. The van der Waals surface area contributed by atoms with E-state index in [2.05, 4.69) is 5.10 Å². The summed E-state index contributed by atoms with van der Waals surface area (Å²) in [6, 6.07) is 6.57. The maximum Gasteiger partial charge on any atom is 0.435 e. The van der Waals surface area contributed by atoms with Crippen molar-refractivity contribution in [3.05, 3.63) is 52.7 Å². The van der Waals surface area contributed by atoms with Crippen molar-refractivity contribution in [3.63, 3.8) is 0 Å². The van der Waals surface area contributed by atoms with Crippen LogP contribution in [-0.4, -0.2) is 53.1 Å². The first-order valence-electron chi connectivity index (χ1n) is 15.8. The van der Waals surface area contributed by atoms with Crippen molar-refractivity contribution >= 4 is 23.9 Å². The number of carbonyl (C=O) groups is 2. The van der Waals surface area contributed by atoms with Crippen molar-refractivity contribution in [1.29, 1.82) is 0 Å². The van der Waals surface area contributed by atoms with Crippen LogP contribution in [0.2, 0.25) is 5.02 Å². The Kier molecular flexibility index (Phi) is 13.5. The molecular weight excluding hydrogens is 694 g/mol. The fourth-order valence-electron chi connectivity index (χ4n) is 5.08. The molecule has 0 N–H and O–H groups in total. The number of nitrogens with zero attached hydrogens (tertiary/aromatic N) is 2. The first kappa shape index (κ1) is 40.8. The van der Waals surface area contributed by atoms with E-state index in [4.69, 9.17) is 30.5 Å². The highest BCUT2D eigenvalue weighted by Gasteiger charge is 2.37. The maximum absolute atomic E-state index is 13.9. The number of alkyl halides is 6. The van der Waals surface area contributed by atoms with E-state index in [0.29, 0.717) is 45.0 Å². The minimum absolute atomic E-state index is 0.0224. The van der Waals surface area contributed by atoms with Crippen LogP contribution >= 0.6 is 11.6 Å². The predicted molar refractivity (Wildman–Crippen MR) is 175 cm³/mol. The van der Waals surface area contributed by atoms with E-state index in [0.717, 1.165) is 29.8 Å². The second kappa shape index (κ2) is 16.6. The number of aldehydes is 1. The Morgan fingerprint density at radius 2 is 1.52 bits per heavy atom. The SMILES string of the molecule is CC(=O)Oc1c(-c2cc(C(F)(F)F)nn2C)ccc(OCCCCCOC(C)(C)CCC(C)(C)OCC=O)c1-c1ccc(Cl)c(C(F)(F)F)c1. The lowest BCUT2D eigenvalue weighted by Gasteiger charge is -2.31. The second-order valence-electron chi connectivity index (χ2n) is 12.9. The molecule has 8 nitrogen and oxygen atoms in total. The van der Waals surface area contributed by atoms with E-state index in [9.17, 15) is 35.9 Å². The molecule has 0 amide bonds. The molecule has 3 rings (SSSR count). The number of carbonyl (C=O) groups excluding carboxylic acids is 2. The van der Waals surface area contributed by atoms with Crippen molar-refractivity contribution in [1.82, 2.24) is 9.78 Å². The topological polar surface area (TPSA) is 88.9 Å². The van der Waals surface area contributed by atoms with Crippen LogP contribution in [0.1, 0.15) is 78.0 Å². The molecule has 0 unspecified atom stereocenters. The molecule has 0 atom stereocenters. The maximum atomic E-state index is 13.9. The lowest BCUT2D eigenvalue weighted by Crippen LogP contribution is -2.32. The van der Waals surface area contributed by atoms with E-state index in [-0.39, 0.29) is 47.1 Å². The van der Waals surface area contributed by atoms with E-state index in [1.807, 2.05) is 27.7 Å². The first-order valence-corrected chi connectivity index (χ1v) is 16.2. The molecule has 1 heterocycles. The van der Waals surface area contributed by atoms with Gasteiger partial charge in [0.05, 0.1) is 39.7 Å². The highest BCUT2D eigenvalue weighted by molar-refractivity contribution is 6.31. The molecule has 1 aromatic heterocycles. The minimum Gasteiger partial charge on any atom is -0.493 e. The molecule has 0 saturated carbocycles. The third-order valence-electron chi connectivity index (χ3n) is 7.78. The number of esters is 1. The van der Waals surface area contributed by atoms with Gasteiger partial charge in [0.1, 0.15) is 18.6 Å². The molecule has 2 aromatic carbocycles. The average molecular weight is 735 g/mol. The Morgan fingerprint density at radius 3 is 2.10 bits per heavy atom. The van der Waals surface area contributed by atoms with E-state index in [1.165, 1.54) is 25.2 Å². The Labute approximate surface area is 292 Å². The van der Waals surface area contributed by atoms with Crippen LogP contribution in [0.4, 0.5) is 26.3 Å². The van der Waals surface area contributed by atoms with Crippen molar-refractivity contribution in [2.24, 2.45) is 7.05 Å². The summed E-state index contributed by atoms with van der Waals surface area (Å²) in [5, 5.41) is 2.95. The third kappa shape index (κ3) is 11.5. The number of rotatable bonds is 17. The second-order valence-corrected chi connectivity index (χ2v) is 13.3. The molecule has 0 radical (unpaired) electrons. The quantitative estimate of drug-likeness (QED) is 0.0449. The van der Waals surface area contributed by atoms with Crippen LogP contribution < -0.4 is 9.47 Å². The monoisotopic (exact) mass is 734 g/mol. The van der Waals surface area contributed by atoms with Crippen LogP contribution in [0.5, 0.6) is 11.5 Å². The molecule has 0 bridgehead atoms. The Hall–Kier alpha value is -3.62. The molecule has 0 aliphatic carbocycles. The normalized spacial score (nSPS) is 12.7. The van der Waals surface area contributed by atoms with E-state index in [1.54, 1.807) is 0 Å². The standard InChI is InChI=1S/C35H41ClF6N2O6/c1-22(46)50-31-24(27-21-29(35(40,41)42)43-44(27)6)11-13-28(30(31)23-10-12-26(36)25(20-23)34(37,38)39)47-17-8-7-9-18-48-32(2,3)14-15-33(4,5)49-19-16-45/h10-13,16,20-21H,7-9,14-15,17-19H2,1-6H3. The van der Waals surface area contributed by atoms with Gasteiger partial charge in [-0.25, -0.2) is 0 Å². The summed E-state index contributed by atoms with van der Waals surface area (Å²) in [6.07, 6.45) is -5.67. The number of benzene rings is 2. The molecule has 0 saturated heterocycles. The lowest BCUT2D eigenvalue weighted by atomic mass is 9.93. The summed E-state index contributed by atoms with van der Waals surface area (Å²) >= 11 is 5.87. The number of halogens is 7. The van der Waals surface area contributed by atoms with E-state index >= 15 is 0 Å². The average Bonchev–Trinajstić information content (AvgIpc) is 3.40. The molecule has 3 aromatic rings. The number of hydrogen-bond acceptors (Lipinski definition) is 7. The van der Waals surface area contributed by atoms with Gasteiger partial charge in [0, 0.05) is 26.1 Å². The number of aryl methyl sites for hydroxylation is 1. The molecule has 15 heteroatoms. The molecule has 0 spiro atoms. The van der Waals surface area contributed by atoms with Gasteiger partial charge in [0.15, 0.2) is 11.4 Å². The lowest BCUT2D eigenvalue weighted by molar-refractivity contribution is -0.141. The Morgan fingerprint density at radius 1 is 0.880 bits per heavy atom. The molecule has 50 heavy (non-hydrogen) atoms. The largest absolute Gasteiger partial charge is 0.493 e. The predicted octanol–water partition coefficient (Wildman–Crippen LogP) is 9.49. The van der Waals surface area contributed by atoms with Gasteiger partial charge in [-0.05, 0) is 95.7 Å². The summed E-state index contributed by atoms with van der Waals surface area (Å²) < 4.78 is 106. The summed E-state index contributed by atoms with van der Waals surface area (Å²) in [4.78, 5) is 22.9. The molecule has 0 aliphatic heterocycles. The summed E-state index contributed by atoms with van der Waals surface area (Å²) in [5.41, 5.74) is -3.61. The van der Waals surface area contributed by atoms with Crippen LogP contribution in [0, 0.1) is 0 Å². The molecule has 276 valence electrons. The van der Waals surface area contributed by atoms with Crippen molar-refractivity contribution < 1.29 is 54.9 Å². The summed E-state index contributed by atoms with van der Waals surface area (Å²) in [5.74, 6) is -1.14. The summed E-state index contributed by atoms with van der Waals surface area (Å²) in [7, 11) is 1.26. The molecular formula is C35H41ClF6N2O6. The Balaban J connectivity index is 1.86. The highest BCUT2D eigenvalue weighted by Crippen LogP contribution is 2.48. The van der Waals surface area contributed by atoms with Gasteiger partial charge < -0.3 is 23.7 Å². The van der Waals surface area contributed by atoms with Crippen molar-refractivity contribution in [2.75, 3.05) is 19.8 Å². The third-order valence-corrected chi connectivity index (χ3v) is 8.11. The zero-order valence-electron chi connectivity index (χ0n) is 28.7. The van der Waals surface area contributed by atoms with Gasteiger partial charge in [-0.15, -0.1) is 0 Å². The number of aromatic nitrogens is 2. The van der Waals surface area contributed by atoms with Gasteiger partial charge >= 0.3 is 18.3 Å². The molecule has 0 fully saturated rings. The van der Waals surface area contributed by atoms with E-state index < -0.39 is 45.8 Å². The van der Waals surface area contributed by atoms with Crippen molar-refractivity contribution in [2.45, 2.75) is 90.3 Å². The number of unbranched alkanes of at least 4 members (excludes halogenated alkanes) is 2. The molecule has 0 aliphatic rings. The van der Waals surface area contributed by atoms with Crippen LogP contribution in [0.15, 0.2) is 36.4 Å².